The zero-order valence-corrected chi connectivity index (χ0v) is 11.1. The number of likely N-dealkylation sites (N-methyl/N-ethyl adjacent to an activating group) is 1. The first-order chi connectivity index (χ1) is 8.76. The Bertz CT molecular complexity index is 407. The van der Waals surface area contributed by atoms with Gasteiger partial charge in [0.1, 0.15) is 0 Å². The molecule has 0 saturated carbocycles. The van der Waals surface area contributed by atoms with Crippen LogP contribution in [0.3, 0.4) is 0 Å². The van der Waals surface area contributed by atoms with Crippen LogP contribution in [0.1, 0.15) is 50.7 Å². The van der Waals surface area contributed by atoms with Gasteiger partial charge in [0.25, 0.3) is 0 Å². The molecule has 1 aromatic rings. The van der Waals surface area contributed by atoms with E-state index in [9.17, 15) is 0 Å². The highest BCUT2D eigenvalue weighted by Crippen LogP contribution is 2.43. The Morgan fingerprint density at radius 3 is 3.00 bits per heavy atom. The Labute approximate surface area is 107 Å². The van der Waals surface area contributed by atoms with E-state index in [1.165, 1.54) is 6.42 Å². The number of fused-ring (bicyclic) bond motifs is 2. The number of hydrogen-bond acceptors (Lipinski definition) is 5. The molecule has 4 unspecified atom stereocenters. The first-order valence-corrected chi connectivity index (χ1v) is 6.97. The van der Waals surface area contributed by atoms with Crippen molar-refractivity contribution < 1.29 is 9.26 Å². The van der Waals surface area contributed by atoms with Crippen LogP contribution in [0.4, 0.5) is 0 Å². The Morgan fingerprint density at radius 2 is 2.33 bits per heavy atom. The number of nitrogens with one attached hydrogen (secondary N) is 1. The molecule has 5 heteroatoms. The molecule has 2 aliphatic rings. The van der Waals surface area contributed by atoms with Gasteiger partial charge in [-0.3, -0.25) is 0 Å². The highest BCUT2D eigenvalue weighted by Gasteiger charge is 2.43. The van der Waals surface area contributed by atoms with Crippen molar-refractivity contribution in [3.05, 3.63) is 11.7 Å². The molecule has 2 saturated heterocycles. The number of nitrogens with zero attached hydrogens (tertiary/aromatic N) is 2. The Hall–Kier alpha value is -0.940. The molecule has 0 aliphatic carbocycles. The zero-order valence-electron chi connectivity index (χ0n) is 11.1. The molecule has 2 bridgehead atoms. The Balaban J connectivity index is 1.63. The summed E-state index contributed by atoms with van der Waals surface area (Å²) in [5, 5.41) is 7.48. The van der Waals surface area contributed by atoms with Gasteiger partial charge in [0.15, 0.2) is 5.82 Å². The average molecular weight is 251 g/mol. The molecular formula is C13H21N3O2. The molecule has 3 heterocycles. The van der Waals surface area contributed by atoms with Crippen LogP contribution < -0.4 is 5.32 Å². The van der Waals surface area contributed by atoms with Crippen molar-refractivity contribution in [1.29, 1.82) is 0 Å². The summed E-state index contributed by atoms with van der Waals surface area (Å²) in [6.45, 7) is 5.19. The molecular weight excluding hydrogens is 230 g/mol. The van der Waals surface area contributed by atoms with Gasteiger partial charge >= 0.3 is 0 Å². The average Bonchev–Trinajstić information content (AvgIpc) is 3.03. The molecule has 100 valence electrons. The summed E-state index contributed by atoms with van der Waals surface area (Å²) in [7, 11) is 0. The summed E-state index contributed by atoms with van der Waals surface area (Å²) in [4.78, 5) is 4.54. The fourth-order valence-electron chi connectivity index (χ4n) is 3.09. The monoisotopic (exact) mass is 251 g/mol. The first kappa shape index (κ1) is 12.1. The third-order valence-electron chi connectivity index (χ3n) is 3.95. The van der Waals surface area contributed by atoms with E-state index < -0.39 is 0 Å². The standard InChI is InChI=1S/C13H21N3O2/c1-3-14-8(2)6-12-15-13(16-18-12)10-7-9-4-5-11(10)17-9/h8-11,14H,3-7H2,1-2H3. The van der Waals surface area contributed by atoms with Crippen molar-refractivity contribution in [3.8, 4) is 0 Å². The van der Waals surface area contributed by atoms with Gasteiger partial charge in [-0.25, -0.2) is 0 Å². The third kappa shape index (κ3) is 2.29. The van der Waals surface area contributed by atoms with Crippen LogP contribution >= 0.6 is 0 Å². The van der Waals surface area contributed by atoms with Gasteiger partial charge in [-0.15, -0.1) is 0 Å². The fraction of sp³-hybridized carbons (Fsp3) is 0.846. The van der Waals surface area contributed by atoms with Gasteiger partial charge in [0.2, 0.25) is 5.89 Å². The minimum absolute atomic E-state index is 0.326. The zero-order chi connectivity index (χ0) is 12.5. The highest BCUT2D eigenvalue weighted by molar-refractivity contribution is 5.07. The van der Waals surface area contributed by atoms with E-state index in [-0.39, 0.29) is 0 Å². The van der Waals surface area contributed by atoms with Crippen LogP contribution in [0.5, 0.6) is 0 Å². The van der Waals surface area contributed by atoms with Crippen molar-refractivity contribution in [2.45, 2.75) is 63.7 Å². The van der Waals surface area contributed by atoms with Gasteiger partial charge in [0, 0.05) is 12.5 Å². The summed E-state index contributed by atoms with van der Waals surface area (Å²) in [5.74, 6) is 1.94. The molecule has 3 rings (SSSR count). The molecule has 2 fully saturated rings. The van der Waals surface area contributed by atoms with Crippen LogP contribution in [0.2, 0.25) is 0 Å². The number of rotatable bonds is 5. The van der Waals surface area contributed by atoms with Gasteiger partial charge in [0.05, 0.1) is 18.1 Å². The topological polar surface area (TPSA) is 60.2 Å². The van der Waals surface area contributed by atoms with Crippen molar-refractivity contribution in [2.75, 3.05) is 6.54 Å². The lowest BCUT2D eigenvalue weighted by atomic mass is 9.89. The predicted octanol–water partition coefficient (Wildman–Crippen LogP) is 1.64. The SMILES string of the molecule is CCNC(C)Cc1nc(C2CC3CCC2O3)no1. The molecule has 18 heavy (non-hydrogen) atoms. The van der Waals surface area contributed by atoms with Crippen molar-refractivity contribution >= 4 is 0 Å². The number of ether oxygens (including phenoxy) is 1. The van der Waals surface area contributed by atoms with Gasteiger partial charge < -0.3 is 14.6 Å². The summed E-state index contributed by atoms with van der Waals surface area (Å²) in [5.41, 5.74) is 0. The smallest absolute Gasteiger partial charge is 0.228 e. The van der Waals surface area contributed by atoms with Crippen molar-refractivity contribution in [2.24, 2.45) is 0 Å². The van der Waals surface area contributed by atoms with Crippen molar-refractivity contribution in [3.63, 3.8) is 0 Å². The first-order valence-electron chi connectivity index (χ1n) is 6.97. The molecule has 0 radical (unpaired) electrons. The van der Waals surface area contributed by atoms with E-state index in [4.69, 9.17) is 9.26 Å². The second-order valence-electron chi connectivity index (χ2n) is 5.43. The molecule has 1 N–H and O–H groups in total. The van der Waals surface area contributed by atoms with E-state index in [0.29, 0.717) is 24.2 Å². The minimum Gasteiger partial charge on any atom is -0.374 e. The maximum absolute atomic E-state index is 5.83. The highest BCUT2D eigenvalue weighted by atomic mass is 16.5. The lowest BCUT2D eigenvalue weighted by Crippen LogP contribution is -2.27. The van der Waals surface area contributed by atoms with Crippen molar-refractivity contribution in [1.82, 2.24) is 15.5 Å². The van der Waals surface area contributed by atoms with Crippen LogP contribution in [0.25, 0.3) is 0 Å². The summed E-state index contributed by atoms with van der Waals surface area (Å²) < 4.78 is 11.2. The molecule has 2 aliphatic heterocycles. The van der Waals surface area contributed by atoms with E-state index in [0.717, 1.165) is 37.5 Å². The second-order valence-corrected chi connectivity index (χ2v) is 5.43. The molecule has 1 aromatic heterocycles. The quantitative estimate of drug-likeness (QED) is 0.862. The van der Waals surface area contributed by atoms with Crippen LogP contribution in [-0.4, -0.2) is 34.9 Å². The Kier molecular flexibility index (Phi) is 3.35. The predicted molar refractivity (Wildman–Crippen MR) is 66.4 cm³/mol. The second kappa shape index (κ2) is 4.97. The molecule has 0 amide bonds. The van der Waals surface area contributed by atoms with Gasteiger partial charge in [-0.1, -0.05) is 12.1 Å². The fourth-order valence-corrected chi connectivity index (χ4v) is 3.09. The van der Waals surface area contributed by atoms with Gasteiger partial charge in [-0.05, 0) is 32.7 Å². The third-order valence-corrected chi connectivity index (χ3v) is 3.95. The number of aromatic nitrogens is 2. The van der Waals surface area contributed by atoms with Crippen LogP contribution in [-0.2, 0) is 11.2 Å². The normalized spacial score (nSPS) is 32.0. The summed E-state index contributed by atoms with van der Waals surface area (Å²) in [6.07, 6.45) is 4.96. The molecule has 4 atom stereocenters. The lowest BCUT2D eigenvalue weighted by molar-refractivity contribution is 0.0996. The molecule has 0 aromatic carbocycles. The lowest BCUT2D eigenvalue weighted by Gasteiger charge is -2.13. The van der Waals surface area contributed by atoms with E-state index in [2.05, 4.69) is 29.3 Å². The maximum Gasteiger partial charge on any atom is 0.228 e. The van der Waals surface area contributed by atoms with Crippen LogP contribution in [0, 0.1) is 0 Å². The summed E-state index contributed by atoms with van der Waals surface area (Å²) >= 11 is 0. The Morgan fingerprint density at radius 1 is 1.44 bits per heavy atom. The maximum atomic E-state index is 5.83. The minimum atomic E-state index is 0.326. The number of hydrogen-bond donors (Lipinski definition) is 1. The van der Waals surface area contributed by atoms with E-state index >= 15 is 0 Å². The van der Waals surface area contributed by atoms with Crippen LogP contribution in [0.15, 0.2) is 4.52 Å². The van der Waals surface area contributed by atoms with Gasteiger partial charge in [-0.2, -0.15) is 4.98 Å². The largest absolute Gasteiger partial charge is 0.374 e. The molecule has 0 spiro atoms. The van der Waals surface area contributed by atoms with E-state index in [1.54, 1.807) is 0 Å². The molecule has 5 nitrogen and oxygen atoms in total. The van der Waals surface area contributed by atoms with E-state index in [1.807, 2.05) is 0 Å². The summed E-state index contributed by atoms with van der Waals surface area (Å²) in [6, 6.07) is 0.375.